The van der Waals surface area contributed by atoms with Crippen molar-refractivity contribution in [3.63, 3.8) is 0 Å². The molecule has 0 spiro atoms. The van der Waals surface area contributed by atoms with Gasteiger partial charge in [-0.05, 0) is 12.1 Å². The van der Waals surface area contributed by atoms with Gasteiger partial charge in [-0.25, -0.2) is 0 Å². The Hall–Kier alpha value is -1.69. The molecular formula is C10H11ClN4O2. The Morgan fingerprint density at radius 3 is 2.65 bits per heavy atom. The van der Waals surface area contributed by atoms with Gasteiger partial charge >= 0.3 is 11.8 Å². The Morgan fingerprint density at radius 2 is 2.00 bits per heavy atom. The number of hydrogen-bond donors (Lipinski definition) is 0. The van der Waals surface area contributed by atoms with Crippen LogP contribution in [0.4, 0.5) is 0 Å². The number of likely N-dealkylation sites (N-methyl/N-ethyl adjacent to an activating group) is 1. The second-order valence-electron chi connectivity index (χ2n) is 3.80. The molecule has 90 valence electrons. The molecule has 1 aliphatic rings. The largest absolute Gasteiger partial charge is 0.336 e. The summed E-state index contributed by atoms with van der Waals surface area (Å²) in [5.41, 5.74) is 0.611. The lowest BCUT2D eigenvalue weighted by Crippen LogP contribution is -2.52. The maximum Gasteiger partial charge on any atom is 0.312 e. The van der Waals surface area contributed by atoms with E-state index < -0.39 is 11.8 Å². The molecule has 2 rings (SSSR count). The van der Waals surface area contributed by atoms with E-state index in [1.54, 1.807) is 19.2 Å². The highest BCUT2D eigenvalue weighted by Crippen LogP contribution is 2.09. The SMILES string of the molecule is CN1CCN(Cc2ccc(Cl)nn2)C(=O)C1=O. The van der Waals surface area contributed by atoms with E-state index in [9.17, 15) is 9.59 Å². The smallest absolute Gasteiger partial charge is 0.312 e. The summed E-state index contributed by atoms with van der Waals surface area (Å²) in [6.07, 6.45) is 0. The Morgan fingerprint density at radius 1 is 1.24 bits per heavy atom. The minimum atomic E-state index is -0.504. The summed E-state index contributed by atoms with van der Waals surface area (Å²) in [7, 11) is 1.61. The van der Waals surface area contributed by atoms with Crippen LogP contribution in [-0.2, 0) is 16.1 Å². The van der Waals surface area contributed by atoms with Gasteiger partial charge in [-0.2, -0.15) is 5.10 Å². The van der Waals surface area contributed by atoms with Gasteiger partial charge in [0.2, 0.25) is 0 Å². The zero-order valence-corrected chi connectivity index (χ0v) is 10.0. The molecule has 17 heavy (non-hydrogen) atoms. The lowest BCUT2D eigenvalue weighted by molar-refractivity contribution is -0.155. The van der Waals surface area contributed by atoms with Crippen LogP contribution in [0, 0.1) is 0 Å². The van der Waals surface area contributed by atoms with Gasteiger partial charge in [-0.3, -0.25) is 9.59 Å². The first-order valence-electron chi connectivity index (χ1n) is 5.10. The highest BCUT2D eigenvalue weighted by molar-refractivity contribution is 6.35. The molecule has 0 saturated carbocycles. The third-order valence-electron chi connectivity index (χ3n) is 2.56. The number of halogens is 1. The minimum absolute atomic E-state index is 0.280. The van der Waals surface area contributed by atoms with Crippen LogP contribution < -0.4 is 0 Å². The van der Waals surface area contributed by atoms with Crippen molar-refractivity contribution in [3.8, 4) is 0 Å². The topological polar surface area (TPSA) is 66.4 Å². The first-order valence-corrected chi connectivity index (χ1v) is 5.48. The fourth-order valence-electron chi connectivity index (χ4n) is 1.55. The summed E-state index contributed by atoms with van der Waals surface area (Å²) >= 11 is 5.61. The van der Waals surface area contributed by atoms with Gasteiger partial charge in [-0.1, -0.05) is 11.6 Å². The number of piperazine rings is 1. The lowest BCUT2D eigenvalue weighted by atomic mass is 10.2. The number of nitrogens with zero attached hydrogens (tertiary/aromatic N) is 4. The molecule has 1 aromatic rings. The molecular weight excluding hydrogens is 244 g/mol. The number of hydrogen-bond acceptors (Lipinski definition) is 4. The quantitative estimate of drug-likeness (QED) is 0.693. The molecule has 2 heterocycles. The third-order valence-corrected chi connectivity index (χ3v) is 2.76. The van der Waals surface area contributed by atoms with Crippen LogP contribution in [0.3, 0.4) is 0 Å². The van der Waals surface area contributed by atoms with E-state index >= 15 is 0 Å². The summed E-state index contributed by atoms with van der Waals surface area (Å²) < 4.78 is 0. The minimum Gasteiger partial charge on any atom is -0.336 e. The molecule has 1 aromatic heterocycles. The molecule has 0 atom stereocenters. The molecule has 0 radical (unpaired) electrons. The number of rotatable bonds is 2. The van der Waals surface area contributed by atoms with Crippen LogP contribution in [0.2, 0.25) is 5.15 Å². The average Bonchev–Trinajstić information content (AvgIpc) is 2.33. The van der Waals surface area contributed by atoms with E-state index in [2.05, 4.69) is 10.2 Å². The van der Waals surface area contributed by atoms with Gasteiger partial charge in [0.15, 0.2) is 5.15 Å². The van der Waals surface area contributed by atoms with Crippen LogP contribution in [0.5, 0.6) is 0 Å². The van der Waals surface area contributed by atoms with E-state index in [4.69, 9.17) is 11.6 Å². The Balaban J connectivity index is 2.07. The van der Waals surface area contributed by atoms with Crippen molar-refractivity contribution in [1.29, 1.82) is 0 Å². The van der Waals surface area contributed by atoms with E-state index in [1.165, 1.54) is 9.80 Å². The van der Waals surface area contributed by atoms with Gasteiger partial charge in [-0.15, -0.1) is 5.10 Å². The molecule has 1 aliphatic heterocycles. The van der Waals surface area contributed by atoms with Gasteiger partial charge in [0.1, 0.15) is 0 Å². The molecule has 0 aliphatic carbocycles. The average molecular weight is 255 g/mol. The normalized spacial score (nSPS) is 16.6. The monoisotopic (exact) mass is 254 g/mol. The van der Waals surface area contributed by atoms with Crippen LogP contribution in [0.25, 0.3) is 0 Å². The second kappa shape index (κ2) is 4.67. The van der Waals surface area contributed by atoms with Crippen molar-refractivity contribution in [2.45, 2.75) is 6.54 Å². The highest BCUT2D eigenvalue weighted by atomic mass is 35.5. The number of aromatic nitrogens is 2. The molecule has 0 bridgehead atoms. The summed E-state index contributed by atoms with van der Waals surface area (Å²) in [6, 6.07) is 3.29. The summed E-state index contributed by atoms with van der Waals surface area (Å²) in [5, 5.41) is 7.84. The Labute approximate surface area is 103 Å². The molecule has 0 N–H and O–H groups in total. The molecule has 2 amide bonds. The third kappa shape index (κ3) is 2.52. The Bertz CT molecular complexity index is 448. The van der Waals surface area contributed by atoms with Crippen LogP contribution in [-0.4, -0.2) is 51.9 Å². The maximum absolute atomic E-state index is 11.7. The zero-order valence-electron chi connectivity index (χ0n) is 9.26. The number of carbonyl (C=O) groups is 2. The lowest BCUT2D eigenvalue weighted by Gasteiger charge is -2.31. The van der Waals surface area contributed by atoms with Crippen molar-refractivity contribution < 1.29 is 9.59 Å². The maximum atomic E-state index is 11.7. The first kappa shape index (κ1) is 11.8. The number of amides is 2. The van der Waals surface area contributed by atoms with Gasteiger partial charge in [0.05, 0.1) is 12.2 Å². The summed E-state index contributed by atoms with van der Waals surface area (Å²) in [4.78, 5) is 26.0. The molecule has 0 unspecified atom stereocenters. The molecule has 1 fully saturated rings. The van der Waals surface area contributed by atoms with E-state index in [0.717, 1.165) is 0 Å². The van der Waals surface area contributed by atoms with Crippen LogP contribution in [0.1, 0.15) is 5.69 Å². The molecule has 0 aromatic carbocycles. The fourth-order valence-corrected chi connectivity index (χ4v) is 1.65. The van der Waals surface area contributed by atoms with Crippen molar-refractivity contribution >= 4 is 23.4 Å². The zero-order chi connectivity index (χ0) is 12.4. The van der Waals surface area contributed by atoms with Gasteiger partial charge in [0.25, 0.3) is 0 Å². The van der Waals surface area contributed by atoms with Crippen molar-refractivity contribution in [2.24, 2.45) is 0 Å². The number of carbonyl (C=O) groups excluding carboxylic acids is 2. The highest BCUT2D eigenvalue weighted by Gasteiger charge is 2.30. The van der Waals surface area contributed by atoms with Gasteiger partial charge in [0, 0.05) is 20.1 Å². The predicted molar refractivity (Wildman–Crippen MR) is 60.1 cm³/mol. The van der Waals surface area contributed by atoms with E-state index in [-0.39, 0.29) is 6.54 Å². The summed E-state index contributed by atoms with van der Waals surface area (Å²) in [6.45, 7) is 1.32. The Kier molecular flexibility index (Phi) is 3.23. The van der Waals surface area contributed by atoms with E-state index in [1.807, 2.05) is 0 Å². The van der Waals surface area contributed by atoms with Crippen LogP contribution in [0.15, 0.2) is 12.1 Å². The van der Waals surface area contributed by atoms with Crippen molar-refractivity contribution in [2.75, 3.05) is 20.1 Å². The molecule has 1 saturated heterocycles. The standard InChI is InChI=1S/C10H11ClN4O2/c1-14-4-5-15(10(17)9(14)16)6-7-2-3-8(11)13-12-7/h2-3H,4-6H2,1H3. The van der Waals surface area contributed by atoms with Crippen molar-refractivity contribution in [3.05, 3.63) is 23.0 Å². The first-order chi connectivity index (χ1) is 8.08. The fraction of sp³-hybridized carbons (Fsp3) is 0.400. The molecule has 6 nitrogen and oxygen atoms in total. The summed E-state index contributed by atoms with van der Waals surface area (Å²) in [5.74, 6) is -0.992. The van der Waals surface area contributed by atoms with Gasteiger partial charge < -0.3 is 9.80 Å². The molecule has 7 heteroatoms. The predicted octanol–water partition coefficient (Wildman–Crippen LogP) is -0.0694. The van der Waals surface area contributed by atoms with Crippen LogP contribution >= 0.6 is 11.6 Å². The van der Waals surface area contributed by atoms with E-state index in [0.29, 0.717) is 23.9 Å². The van der Waals surface area contributed by atoms with Crippen molar-refractivity contribution in [1.82, 2.24) is 20.0 Å². The second-order valence-corrected chi connectivity index (χ2v) is 4.19.